The van der Waals surface area contributed by atoms with Crippen LogP contribution in [0.5, 0.6) is 0 Å². The van der Waals surface area contributed by atoms with Crippen molar-refractivity contribution in [2.45, 2.75) is 31.6 Å². The molecule has 2 N–H and O–H groups in total. The van der Waals surface area contributed by atoms with Gasteiger partial charge in [0.05, 0.1) is 11.8 Å². The highest BCUT2D eigenvalue weighted by Gasteiger charge is 2.29. The van der Waals surface area contributed by atoms with Crippen LogP contribution in [0.1, 0.15) is 23.8 Å². The van der Waals surface area contributed by atoms with Crippen molar-refractivity contribution in [3.8, 4) is 0 Å². The van der Waals surface area contributed by atoms with Crippen LogP contribution in [0.25, 0.3) is 0 Å². The normalized spacial score (nSPS) is 18.7. The second-order valence-electron chi connectivity index (χ2n) is 8.98. The van der Waals surface area contributed by atoms with Gasteiger partial charge in [0.15, 0.2) is 11.9 Å². The number of carbonyl (C=O) groups excluding carboxylic acids is 1. The summed E-state index contributed by atoms with van der Waals surface area (Å²) >= 11 is 1.30. The summed E-state index contributed by atoms with van der Waals surface area (Å²) < 4.78 is 10.9. The van der Waals surface area contributed by atoms with E-state index >= 15 is 0 Å². The molecule has 2 aliphatic rings. The van der Waals surface area contributed by atoms with E-state index in [1.165, 1.54) is 18.4 Å². The zero-order valence-electron chi connectivity index (χ0n) is 20.5. The highest BCUT2D eigenvalue weighted by atomic mass is 32.1. The van der Waals surface area contributed by atoms with Crippen molar-refractivity contribution in [1.29, 1.82) is 0 Å². The van der Waals surface area contributed by atoms with Gasteiger partial charge < -0.3 is 24.6 Å². The molecule has 0 saturated carbocycles. The van der Waals surface area contributed by atoms with Crippen LogP contribution in [0.2, 0.25) is 0 Å². The summed E-state index contributed by atoms with van der Waals surface area (Å²) in [6.07, 6.45) is 0.434. The summed E-state index contributed by atoms with van der Waals surface area (Å²) in [5, 5.41) is 24.1. The molecule has 2 aliphatic heterocycles. The lowest BCUT2D eigenvalue weighted by molar-refractivity contribution is -0.126. The van der Waals surface area contributed by atoms with Gasteiger partial charge in [0, 0.05) is 52.1 Å². The highest BCUT2D eigenvalue weighted by Crippen LogP contribution is 2.29. The van der Waals surface area contributed by atoms with Gasteiger partial charge >= 0.3 is 0 Å². The molecule has 1 aromatic carbocycles. The number of aromatic nitrogens is 4. The van der Waals surface area contributed by atoms with Crippen LogP contribution in [0.4, 0.5) is 21.8 Å². The van der Waals surface area contributed by atoms with Crippen LogP contribution in [0.15, 0.2) is 36.4 Å². The number of anilines is 4. The van der Waals surface area contributed by atoms with Gasteiger partial charge in [-0.2, -0.15) is 5.10 Å². The number of amides is 1. The molecule has 0 spiro atoms. The van der Waals surface area contributed by atoms with Gasteiger partial charge in [-0.3, -0.25) is 10.1 Å². The van der Waals surface area contributed by atoms with E-state index in [0.29, 0.717) is 10.3 Å². The van der Waals surface area contributed by atoms with Crippen molar-refractivity contribution >= 4 is 39.0 Å². The molecule has 0 bridgehead atoms. The van der Waals surface area contributed by atoms with Crippen molar-refractivity contribution in [2.24, 2.45) is 0 Å². The molecular formula is C24H30N8O3S. The number of hydrogen-bond donors (Lipinski definition) is 2. The molecule has 36 heavy (non-hydrogen) atoms. The van der Waals surface area contributed by atoms with Gasteiger partial charge in [0.1, 0.15) is 0 Å². The molecule has 12 heteroatoms. The second kappa shape index (κ2) is 10.7. The topological polar surface area (TPSA) is 118 Å². The molecule has 3 aromatic rings. The van der Waals surface area contributed by atoms with E-state index in [4.69, 9.17) is 9.47 Å². The number of rotatable bonds is 9. The Hall–Kier alpha value is -3.35. The molecule has 1 amide bonds. The molecule has 2 saturated heterocycles. The zero-order valence-corrected chi connectivity index (χ0v) is 21.4. The van der Waals surface area contributed by atoms with Gasteiger partial charge in [-0.25, -0.2) is 0 Å². The van der Waals surface area contributed by atoms with E-state index in [-0.39, 0.29) is 18.1 Å². The Morgan fingerprint density at radius 2 is 1.89 bits per heavy atom. The summed E-state index contributed by atoms with van der Waals surface area (Å²) in [5.41, 5.74) is 2.72. The Morgan fingerprint density at radius 3 is 2.64 bits per heavy atom. The summed E-state index contributed by atoms with van der Waals surface area (Å²) in [6.45, 7) is 5.27. The Kier molecular flexibility index (Phi) is 7.25. The molecular weight excluding hydrogens is 480 g/mol. The first kappa shape index (κ1) is 24.3. The van der Waals surface area contributed by atoms with Crippen LogP contribution in [0, 0.1) is 6.92 Å². The molecule has 190 valence electrons. The number of benzene rings is 1. The van der Waals surface area contributed by atoms with E-state index in [1.807, 2.05) is 43.3 Å². The molecule has 2 atom stereocenters. The van der Waals surface area contributed by atoms with Crippen LogP contribution < -0.4 is 20.4 Å². The van der Waals surface area contributed by atoms with Crippen LogP contribution in [-0.4, -0.2) is 78.8 Å². The minimum atomic E-state index is -0.760. The van der Waals surface area contributed by atoms with E-state index in [1.54, 1.807) is 7.11 Å². The third-order valence-corrected chi connectivity index (χ3v) is 7.24. The zero-order chi connectivity index (χ0) is 25.1. The lowest BCUT2D eigenvalue weighted by atomic mass is 10.0. The number of hydrogen-bond acceptors (Lipinski definition) is 11. The van der Waals surface area contributed by atoms with Gasteiger partial charge in [-0.05, 0) is 43.2 Å². The average Bonchev–Trinajstić information content (AvgIpc) is 3.49. The maximum absolute atomic E-state index is 13.0. The number of aryl methyl sites for hydroxylation is 1. The largest absolute Gasteiger partial charge is 0.378 e. The third-order valence-electron chi connectivity index (χ3n) is 6.47. The van der Waals surface area contributed by atoms with Crippen LogP contribution in [-0.2, 0) is 14.3 Å². The maximum atomic E-state index is 13.0. The van der Waals surface area contributed by atoms with Crippen molar-refractivity contribution in [2.75, 3.05) is 60.8 Å². The van der Waals surface area contributed by atoms with Crippen molar-refractivity contribution < 1.29 is 14.3 Å². The number of ether oxygens (including phenoxy) is 2. The highest BCUT2D eigenvalue weighted by molar-refractivity contribution is 7.19. The minimum absolute atomic E-state index is 0.207. The van der Waals surface area contributed by atoms with Crippen molar-refractivity contribution in [3.63, 3.8) is 0 Å². The number of nitrogens with zero attached hydrogens (tertiary/aromatic N) is 6. The molecule has 0 radical (unpaired) electrons. The predicted octanol–water partition coefficient (Wildman–Crippen LogP) is 2.49. The monoisotopic (exact) mass is 510 g/mol. The van der Waals surface area contributed by atoms with E-state index < -0.39 is 6.10 Å². The smallest absolute Gasteiger partial charge is 0.259 e. The van der Waals surface area contributed by atoms with Crippen LogP contribution >= 0.6 is 11.3 Å². The average molecular weight is 511 g/mol. The molecule has 11 nitrogen and oxygen atoms in total. The Labute approximate surface area is 213 Å². The number of carbonyl (C=O) groups is 1. The summed E-state index contributed by atoms with van der Waals surface area (Å²) in [4.78, 5) is 17.4. The maximum Gasteiger partial charge on any atom is 0.259 e. The van der Waals surface area contributed by atoms with E-state index in [2.05, 4.69) is 40.8 Å². The molecule has 0 aliphatic carbocycles. The number of nitrogens with one attached hydrogen (secondary N) is 2. The summed E-state index contributed by atoms with van der Waals surface area (Å²) in [5.74, 6) is 0.582. The Bertz CT molecular complexity index is 1180. The summed E-state index contributed by atoms with van der Waals surface area (Å²) in [6, 6.07) is 12.0. The molecule has 2 fully saturated rings. The van der Waals surface area contributed by atoms with Crippen LogP contribution in [0.3, 0.4) is 0 Å². The molecule has 5 rings (SSSR count). The predicted molar refractivity (Wildman–Crippen MR) is 139 cm³/mol. The Balaban J connectivity index is 1.17. The molecule has 4 heterocycles. The van der Waals surface area contributed by atoms with Gasteiger partial charge in [0.25, 0.3) is 5.91 Å². The molecule has 2 aromatic heterocycles. The first-order chi connectivity index (χ1) is 17.5. The van der Waals surface area contributed by atoms with E-state index in [0.717, 1.165) is 55.4 Å². The fraction of sp³-hybridized carbons (Fsp3) is 0.458. The van der Waals surface area contributed by atoms with Gasteiger partial charge in [-0.1, -0.05) is 23.5 Å². The standard InChI is InChI=1S/C24H30N8O3S/c1-15-7-8-20(28-27-15)31-10-9-17(12-31)25-23-29-30-24(36-23)26-22(33)21(35-3)16-5-4-6-18(11-16)32-13-19(14-32)34-2/h4-8,11,17,19,21H,9-10,12-14H2,1-3H3,(H,25,29)(H,26,30,33)/t17-,21+/m1/s1. The minimum Gasteiger partial charge on any atom is -0.378 e. The number of methoxy groups -OCH3 is 2. The first-order valence-electron chi connectivity index (χ1n) is 11.9. The van der Waals surface area contributed by atoms with Crippen molar-refractivity contribution in [3.05, 3.63) is 47.7 Å². The lowest BCUT2D eigenvalue weighted by Crippen LogP contribution is -2.51. The second-order valence-corrected chi connectivity index (χ2v) is 9.96. The lowest BCUT2D eigenvalue weighted by Gasteiger charge is -2.40. The summed E-state index contributed by atoms with van der Waals surface area (Å²) in [7, 11) is 3.25. The first-order valence-corrected chi connectivity index (χ1v) is 12.7. The van der Waals surface area contributed by atoms with Gasteiger partial charge in [-0.15, -0.1) is 15.3 Å². The third kappa shape index (κ3) is 5.40. The van der Waals surface area contributed by atoms with E-state index in [9.17, 15) is 4.79 Å². The molecule has 0 unspecified atom stereocenters. The van der Waals surface area contributed by atoms with Gasteiger partial charge in [0.2, 0.25) is 10.3 Å². The SMILES string of the molecule is COC1CN(c2cccc([C@H](OC)C(=O)Nc3nnc(N[C@@H]4CCN(c5ccc(C)nn5)C4)s3)c2)C1. The Morgan fingerprint density at radius 1 is 1.06 bits per heavy atom. The quantitative estimate of drug-likeness (QED) is 0.445. The van der Waals surface area contributed by atoms with Crippen molar-refractivity contribution in [1.82, 2.24) is 20.4 Å². The fourth-order valence-electron chi connectivity index (χ4n) is 4.40. The fourth-order valence-corrected chi connectivity index (χ4v) is 5.13.